The minimum absolute atomic E-state index is 0.112. The Morgan fingerprint density at radius 3 is 2.85 bits per heavy atom. The Morgan fingerprint density at radius 1 is 1.15 bits per heavy atom. The third kappa shape index (κ3) is 4.18. The Morgan fingerprint density at radius 2 is 2.00 bits per heavy atom. The maximum atomic E-state index is 12.3. The van der Waals surface area contributed by atoms with Gasteiger partial charge in [-0.05, 0) is 105 Å². The van der Waals surface area contributed by atoms with Crippen LogP contribution in [0.5, 0.6) is 0 Å². The predicted octanol–water partition coefficient (Wildman–Crippen LogP) is 3.47. The van der Waals surface area contributed by atoms with Crippen LogP contribution in [0.1, 0.15) is 84.5 Å². The zero-order valence-corrected chi connectivity index (χ0v) is 20.8. The molecule has 0 aromatic carbocycles. The monoisotopic (exact) mass is 471 g/mol. The van der Waals surface area contributed by atoms with Crippen LogP contribution < -0.4 is 10.6 Å². The van der Waals surface area contributed by atoms with Gasteiger partial charge in [-0.2, -0.15) is 0 Å². The number of carbonyl (C=O) groups is 2. The number of nitrogens with zero attached hydrogens (tertiary/aromatic N) is 1. The van der Waals surface area contributed by atoms with Gasteiger partial charge in [0.05, 0.1) is 11.8 Å². The lowest BCUT2D eigenvalue weighted by Gasteiger charge is -2.57. The van der Waals surface area contributed by atoms with E-state index in [4.69, 9.17) is 4.84 Å². The van der Waals surface area contributed by atoms with Crippen molar-refractivity contribution >= 4 is 17.5 Å². The largest absolute Gasteiger partial charge is 0.393 e. The fourth-order valence-corrected chi connectivity index (χ4v) is 8.10. The summed E-state index contributed by atoms with van der Waals surface area (Å²) in [5.41, 5.74) is 2.74. The van der Waals surface area contributed by atoms with E-state index in [2.05, 4.69) is 35.7 Å². The maximum Gasteiger partial charge on any atom is 0.261 e. The SMILES string of the molecule is C[C@]12CC[C@@H]3[C@H](CCC4=C/C(=N/OCC(=O)N[C@@H]5CCCCNC5=O)CC[C@@]43C)[C@H]1CC[C@H]2O. The lowest BCUT2D eigenvalue weighted by Crippen LogP contribution is -2.51. The van der Waals surface area contributed by atoms with Crippen LogP contribution in [0.2, 0.25) is 0 Å². The number of oxime groups is 1. The molecule has 0 radical (unpaired) electrons. The van der Waals surface area contributed by atoms with Crippen LogP contribution in [0.3, 0.4) is 0 Å². The molecule has 0 aromatic rings. The van der Waals surface area contributed by atoms with E-state index in [1.54, 1.807) is 0 Å². The molecule has 0 aromatic heterocycles. The Hall–Kier alpha value is -1.89. The summed E-state index contributed by atoms with van der Waals surface area (Å²) in [6.45, 7) is 5.29. The summed E-state index contributed by atoms with van der Waals surface area (Å²) in [7, 11) is 0. The molecule has 7 heteroatoms. The highest BCUT2D eigenvalue weighted by Gasteiger charge is 2.58. The summed E-state index contributed by atoms with van der Waals surface area (Å²) < 4.78 is 0. The lowest BCUT2D eigenvalue weighted by molar-refractivity contribution is -0.131. The van der Waals surface area contributed by atoms with Crippen molar-refractivity contribution in [1.29, 1.82) is 0 Å². The first-order chi connectivity index (χ1) is 16.3. The van der Waals surface area contributed by atoms with Crippen molar-refractivity contribution in [2.45, 2.75) is 96.6 Å². The predicted molar refractivity (Wildman–Crippen MR) is 130 cm³/mol. The zero-order chi connectivity index (χ0) is 23.9. The van der Waals surface area contributed by atoms with E-state index < -0.39 is 6.04 Å². The first-order valence-electron chi connectivity index (χ1n) is 13.5. The lowest BCUT2D eigenvalue weighted by atomic mass is 9.47. The minimum atomic E-state index is -0.475. The number of aliphatic hydroxyl groups excluding tert-OH is 1. The molecular formula is C27H41N3O4. The van der Waals surface area contributed by atoms with Crippen molar-refractivity contribution in [3.8, 4) is 0 Å². The van der Waals surface area contributed by atoms with Crippen molar-refractivity contribution in [3.05, 3.63) is 11.6 Å². The first kappa shape index (κ1) is 23.8. The van der Waals surface area contributed by atoms with E-state index in [9.17, 15) is 14.7 Å². The highest BCUT2D eigenvalue weighted by Crippen LogP contribution is 2.65. The molecule has 1 saturated heterocycles. The van der Waals surface area contributed by atoms with Gasteiger partial charge in [-0.25, -0.2) is 0 Å². The Kier molecular flexibility index (Phi) is 6.51. The molecule has 4 aliphatic carbocycles. The maximum absolute atomic E-state index is 12.3. The number of amides is 2. The molecule has 34 heavy (non-hydrogen) atoms. The molecule has 7 nitrogen and oxygen atoms in total. The molecule has 2 amide bonds. The number of nitrogens with one attached hydrogen (secondary N) is 2. The Balaban J connectivity index is 1.19. The molecular weight excluding hydrogens is 430 g/mol. The Labute approximate surface area is 203 Å². The molecule has 0 spiro atoms. The van der Waals surface area contributed by atoms with Gasteiger partial charge >= 0.3 is 0 Å². The van der Waals surface area contributed by atoms with Crippen LogP contribution in [0.15, 0.2) is 16.8 Å². The number of rotatable bonds is 4. The van der Waals surface area contributed by atoms with Crippen molar-refractivity contribution < 1.29 is 19.5 Å². The van der Waals surface area contributed by atoms with Gasteiger partial charge in [0.15, 0.2) is 6.61 Å². The molecule has 1 heterocycles. The second kappa shape index (κ2) is 9.29. The summed E-state index contributed by atoms with van der Waals surface area (Å²) in [5, 5.41) is 20.6. The second-order valence-corrected chi connectivity index (χ2v) is 11.9. The molecule has 3 N–H and O–H groups in total. The van der Waals surface area contributed by atoms with Crippen LogP contribution in [0, 0.1) is 28.6 Å². The molecule has 3 saturated carbocycles. The normalized spacial score (nSPS) is 43.0. The number of allylic oxidation sites excluding steroid dienone is 2. The molecule has 0 bridgehead atoms. The smallest absolute Gasteiger partial charge is 0.261 e. The van der Waals surface area contributed by atoms with Crippen LogP contribution in [-0.4, -0.2) is 47.9 Å². The summed E-state index contributed by atoms with van der Waals surface area (Å²) in [5.74, 6) is 1.66. The fraction of sp³-hybridized carbons (Fsp3) is 0.815. The van der Waals surface area contributed by atoms with E-state index in [0.717, 1.165) is 56.6 Å². The molecule has 4 fully saturated rings. The minimum Gasteiger partial charge on any atom is -0.393 e. The summed E-state index contributed by atoms with van der Waals surface area (Å²) >= 11 is 0. The number of hydrogen-bond donors (Lipinski definition) is 3. The first-order valence-corrected chi connectivity index (χ1v) is 13.5. The molecule has 5 rings (SSSR count). The van der Waals surface area contributed by atoms with Gasteiger partial charge in [0.1, 0.15) is 6.04 Å². The number of aliphatic hydroxyl groups is 1. The van der Waals surface area contributed by atoms with Crippen molar-refractivity contribution in [2.75, 3.05) is 13.2 Å². The quantitative estimate of drug-likeness (QED) is 0.547. The topological polar surface area (TPSA) is 100 Å². The van der Waals surface area contributed by atoms with Gasteiger partial charge in [0, 0.05) is 6.54 Å². The van der Waals surface area contributed by atoms with Crippen LogP contribution in [0.4, 0.5) is 0 Å². The molecule has 1 aliphatic heterocycles. The average Bonchev–Trinajstić information content (AvgIpc) is 2.97. The van der Waals surface area contributed by atoms with Gasteiger partial charge in [0.25, 0.3) is 5.91 Å². The second-order valence-electron chi connectivity index (χ2n) is 11.9. The standard InChI is InChI=1S/C27H41N3O4/c1-26-12-10-18(30-34-16-24(32)29-22-5-3-4-14-28-25(22)33)15-17(26)6-7-19-20-8-9-23(31)27(20,2)13-11-21(19)26/h15,19-23,31H,3-14,16H2,1-2H3,(H,28,33)(H,29,32)/b30-18+/t19-,20-,21-,22-,23-,26+,27+/m1/s1. The number of fused-ring (bicyclic) bond motifs is 5. The third-order valence-electron chi connectivity index (χ3n) is 10.2. The van der Waals surface area contributed by atoms with Crippen molar-refractivity contribution in [3.63, 3.8) is 0 Å². The zero-order valence-electron chi connectivity index (χ0n) is 20.8. The molecule has 188 valence electrons. The van der Waals surface area contributed by atoms with Gasteiger partial charge in [-0.1, -0.05) is 24.6 Å². The van der Waals surface area contributed by atoms with E-state index in [1.165, 1.54) is 24.8 Å². The van der Waals surface area contributed by atoms with Gasteiger partial charge in [0.2, 0.25) is 5.91 Å². The van der Waals surface area contributed by atoms with E-state index in [0.29, 0.717) is 24.8 Å². The average molecular weight is 472 g/mol. The summed E-state index contributed by atoms with van der Waals surface area (Å²) in [4.78, 5) is 29.7. The van der Waals surface area contributed by atoms with E-state index in [1.807, 2.05) is 0 Å². The third-order valence-corrected chi connectivity index (χ3v) is 10.2. The number of carbonyl (C=O) groups excluding carboxylic acids is 2. The molecule has 7 atom stereocenters. The van der Waals surface area contributed by atoms with Gasteiger partial charge < -0.3 is 20.6 Å². The summed E-state index contributed by atoms with van der Waals surface area (Å²) in [6, 6.07) is -0.475. The Bertz CT molecular complexity index is 885. The fourth-order valence-electron chi connectivity index (χ4n) is 8.10. The van der Waals surface area contributed by atoms with Crippen LogP contribution in [0.25, 0.3) is 0 Å². The van der Waals surface area contributed by atoms with Crippen molar-refractivity contribution in [1.82, 2.24) is 10.6 Å². The van der Waals surface area contributed by atoms with E-state index >= 15 is 0 Å². The van der Waals surface area contributed by atoms with Crippen molar-refractivity contribution in [2.24, 2.45) is 33.7 Å². The van der Waals surface area contributed by atoms with Gasteiger partial charge in [-0.3, -0.25) is 9.59 Å². The van der Waals surface area contributed by atoms with Gasteiger partial charge in [-0.15, -0.1) is 0 Å². The number of hydrogen-bond acceptors (Lipinski definition) is 5. The molecule has 0 unspecified atom stereocenters. The molecule has 5 aliphatic rings. The highest BCUT2D eigenvalue weighted by molar-refractivity contribution is 5.96. The highest BCUT2D eigenvalue weighted by atomic mass is 16.6. The summed E-state index contributed by atoms with van der Waals surface area (Å²) in [6.07, 6.45) is 13.4. The van der Waals surface area contributed by atoms with Crippen LogP contribution >= 0.6 is 0 Å². The van der Waals surface area contributed by atoms with Crippen LogP contribution in [-0.2, 0) is 14.4 Å². The van der Waals surface area contributed by atoms with E-state index in [-0.39, 0.29) is 35.4 Å².